The van der Waals surface area contributed by atoms with E-state index in [1.54, 1.807) is 57.2 Å². The fourth-order valence-corrected chi connectivity index (χ4v) is 4.08. The van der Waals surface area contributed by atoms with Crippen LogP contribution in [0.25, 0.3) is 0 Å². The number of aryl methyl sites for hydroxylation is 1. The molecule has 198 valence electrons. The quantitative estimate of drug-likeness (QED) is 0.432. The molecule has 0 saturated carbocycles. The van der Waals surface area contributed by atoms with Crippen molar-refractivity contribution in [3.63, 3.8) is 0 Å². The highest BCUT2D eigenvalue weighted by atomic mass is 35.5. The number of hydrogen-bond donors (Lipinski definition) is 2. The molecule has 0 saturated heterocycles. The van der Waals surface area contributed by atoms with Gasteiger partial charge in [0.1, 0.15) is 17.7 Å². The fourth-order valence-electron chi connectivity index (χ4n) is 3.81. The molecule has 37 heavy (non-hydrogen) atoms. The van der Waals surface area contributed by atoms with Crippen molar-refractivity contribution in [2.75, 3.05) is 12.4 Å². The Balaban J connectivity index is 2.44. The van der Waals surface area contributed by atoms with Crippen molar-refractivity contribution in [1.29, 1.82) is 0 Å². The molecular formula is C29H36ClN3O4. The number of benzene rings is 2. The van der Waals surface area contributed by atoms with Crippen LogP contribution in [-0.4, -0.2) is 41.5 Å². The van der Waals surface area contributed by atoms with E-state index in [1.807, 2.05) is 26.8 Å². The third-order valence-corrected chi connectivity index (χ3v) is 5.86. The molecule has 0 radical (unpaired) electrons. The van der Waals surface area contributed by atoms with Gasteiger partial charge in [0, 0.05) is 12.6 Å². The number of rotatable bonds is 8. The maximum atomic E-state index is 13.7. The van der Waals surface area contributed by atoms with E-state index in [1.165, 1.54) is 11.9 Å². The molecule has 0 aliphatic heterocycles. The van der Waals surface area contributed by atoms with E-state index in [0.717, 1.165) is 5.56 Å². The normalized spacial score (nSPS) is 12.8. The molecule has 2 aromatic carbocycles. The van der Waals surface area contributed by atoms with E-state index in [0.29, 0.717) is 28.3 Å². The van der Waals surface area contributed by atoms with Gasteiger partial charge in [0.2, 0.25) is 5.91 Å². The number of ether oxygens (including phenoxy) is 1. The molecule has 8 heteroatoms. The molecule has 2 unspecified atom stereocenters. The average Bonchev–Trinajstić information content (AvgIpc) is 2.79. The first-order valence-electron chi connectivity index (χ1n) is 12.1. The molecule has 2 atom stereocenters. The molecular weight excluding hydrogens is 490 g/mol. The Morgan fingerprint density at radius 3 is 2.24 bits per heavy atom. The Labute approximate surface area is 224 Å². The zero-order chi connectivity index (χ0) is 27.9. The zero-order valence-electron chi connectivity index (χ0n) is 22.5. The summed E-state index contributed by atoms with van der Waals surface area (Å²) in [6.45, 7) is 11.0. The molecule has 7 nitrogen and oxygen atoms in total. The molecule has 0 aliphatic carbocycles. The van der Waals surface area contributed by atoms with Gasteiger partial charge >= 0.3 is 6.09 Å². The number of amides is 3. The van der Waals surface area contributed by atoms with Gasteiger partial charge in [0.15, 0.2) is 0 Å². The van der Waals surface area contributed by atoms with E-state index < -0.39 is 35.6 Å². The van der Waals surface area contributed by atoms with Gasteiger partial charge in [-0.05, 0) is 69.4 Å². The molecule has 2 N–H and O–H groups in total. The highest BCUT2D eigenvalue weighted by Gasteiger charge is 2.34. The largest absolute Gasteiger partial charge is 0.444 e. The number of carbonyl (C=O) groups is 3. The molecule has 0 fully saturated rings. The molecule has 0 spiro atoms. The number of nitrogens with one attached hydrogen (secondary N) is 2. The van der Waals surface area contributed by atoms with E-state index in [-0.39, 0.29) is 5.92 Å². The van der Waals surface area contributed by atoms with Crippen LogP contribution in [0.4, 0.5) is 10.5 Å². The topological polar surface area (TPSA) is 87.7 Å². The van der Waals surface area contributed by atoms with Gasteiger partial charge in [-0.3, -0.25) is 9.59 Å². The summed E-state index contributed by atoms with van der Waals surface area (Å²) in [5.74, 6) is 1.75. The van der Waals surface area contributed by atoms with Crippen LogP contribution < -0.4 is 10.6 Å². The summed E-state index contributed by atoms with van der Waals surface area (Å²) in [5, 5.41) is 5.94. The number of terminal acetylenes is 1. The van der Waals surface area contributed by atoms with Crippen molar-refractivity contribution in [3.8, 4) is 12.3 Å². The van der Waals surface area contributed by atoms with E-state index in [9.17, 15) is 14.4 Å². The zero-order valence-corrected chi connectivity index (χ0v) is 23.3. The summed E-state index contributed by atoms with van der Waals surface area (Å²) in [5.41, 5.74) is 1.71. The first-order chi connectivity index (χ1) is 17.2. The fraction of sp³-hybridized carbons (Fsp3) is 0.414. The van der Waals surface area contributed by atoms with Crippen LogP contribution in [0.2, 0.25) is 5.02 Å². The minimum atomic E-state index is -1.02. The second-order valence-corrected chi connectivity index (χ2v) is 10.8. The number of halogens is 1. The number of nitrogens with zero attached hydrogens (tertiary/aromatic N) is 1. The Hall–Kier alpha value is -3.50. The van der Waals surface area contributed by atoms with Gasteiger partial charge < -0.3 is 20.3 Å². The highest BCUT2D eigenvalue weighted by molar-refractivity contribution is 6.34. The predicted octanol–water partition coefficient (Wildman–Crippen LogP) is 5.71. The number of likely N-dealkylation sites (N-methyl/N-ethyl adjacent to an activating group) is 1. The van der Waals surface area contributed by atoms with Crippen LogP contribution in [0.1, 0.15) is 63.8 Å². The van der Waals surface area contributed by atoms with Gasteiger partial charge in [0.05, 0.1) is 10.7 Å². The van der Waals surface area contributed by atoms with Crippen LogP contribution >= 0.6 is 11.6 Å². The Kier molecular flexibility index (Phi) is 10.2. The molecule has 2 aromatic rings. The van der Waals surface area contributed by atoms with Crippen LogP contribution in [0.3, 0.4) is 0 Å². The molecule has 0 aromatic heterocycles. The smallest absolute Gasteiger partial charge is 0.408 e. The lowest BCUT2D eigenvalue weighted by atomic mass is 9.99. The summed E-state index contributed by atoms with van der Waals surface area (Å²) in [7, 11) is 1.53. The summed E-state index contributed by atoms with van der Waals surface area (Å²) in [6.07, 6.45) is 5.15. The lowest BCUT2D eigenvalue weighted by Crippen LogP contribution is -2.51. The lowest BCUT2D eigenvalue weighted by molar-refractivity contribution is -0.139. The number of alkyl carbamates (subject to hydrolysis) is 1. The minimum Gasteiger partial charge on any atom is -0.444 e. The van der Waals surface area contributed by atoms with Crippen molar-refractivity contribution in [2.45, 2.75) is 65.6 Å². The number of hydrogen-bond acceptors (Lipinski definition) is 4. The van der Waals surface area contributed by atoms with E-state index in [2.05, 4.69) is 16.6 Å². The van der Waals surface area contributed by atoms with Gasteiger partial charge in [-0.1, -0.05) is 55.6 Å². The van der Waals surface area contributed by atoms with Gasteiger partial charge in [-0.2, -0.15) is 0 Å². The summed E-state index contributed by atoms with van der Waals surface area (Å²) < 4.78 is 5.37. The summed E-state index contributed by atoms with van der Waals surface area (Å²) >= 11 is 6.34. The minimum absolute atomic E-state index is 0.0882. The maximum absolute atomic E-state index is 13.7. The third kappa shape index (κ3) is 8.54. The second kappa shape index (κ2) is 12.6. The van der Waals surface area contributed by atoms with Crippen molar-refractivity contribution < 1.29 is 19.1 Å². The van der Waals surface area contributed by atoms with Gasteiger partial charge in [-0.15, -0.1) is 6.42 Å². The second-order valence-electron chi connectivity index (χ2n) is 10.4. The van der Waals surface area contributed by atoms with E-state index in [4.69, 9.17) is 22.8 Å². The van der Waals surface area contributed by atoms with Gasteiger partial charge in [-0.25, -0.2) is 4.79 Å². The number of anilines is 1. The molecule has 2 rings (SSSR count). The van der Waals surface area contributed by atoms with Crippen LogP contribution in [0, 0.1) is 25.2 Å². The Morgan fingerprint density at radius 1 is 1.11 bits per heavy atom. The van der Waals surface area contributed by atoms with Crippen LogP contribution in [-0.2, 0) is 14.3 Å². The summed E-state index contributed by atoms with van der Waals surface area (Å²) in [6, 6.07) is 10.2. The number of carbonyl (C=O) groups excluding carboxylic acids is 3. The van der Waals surface area contributed by atoms with Crippen molar-refractivity contribution in [2.24, 2.45) is 5.92 Å². The molecule has 3 amide bonds. The standard InChI is InChI=1S/C29H36ClN3O4/c1-9-20-13-15-21(16-14-20)25(26(34)32-24-19(4)11-10-12-22(24)30)33(8)27(35)23(17-18(2)3)31-28(36)37-29(5,6)7/h1,10-16,18,23,25H,17H2,2-8H3,(H,31,36)(H,32,34). The van der Waals surface area contributed by atoms with Crippen LogP contribution in [0.5, 0.6) is 0 Å². The first kappa shape index (κ1) is 29.7. The molecule has 0 aliphatic rings. The highest BCUT2D eigenvalue weighted by Crippen LogP contribution is 2.29. The molecule has 0 heterocycles. The van der Waals surface area contributed by atoms with Gasteiger partial charge in [0.25, 0.3) is 5.91 Å². The Morgan fingerprint density at radius 2 is 1.73 bits per heavy atom. The summed E-state index contributed by atoms with van der Waals surface area (Å²) in [4.78, 5) is 41.2. The Bertz CT molecular complexity index is 1140. The third-order valence-electron chi connectivity index (χ3n) is 5.54. The SMILES string of the molecule is C#Cc1ccc(C(C(=O)Nc2c(C)cccc2Cl)N(C)C(=O)C(CC(C)C)NC(=O)OC(C)(C)C)cc1. The predicted molar refractivity (Wildman–Crippen MR) is 147 cm³/mol. The molecule has 0 bridgehead atoms. The van der Waals surface area contributed by atoms with Crippen molar-refractivity contribution in [3.05, 3.63) is 64.2 Å². The van der Waals surface area contributed by atoms with Crippen molar-refractivity contribution >= 4 is 35.2 Å². The monoisotopic (exact) mass is 525 g/mol. The maximum Gasteiger partial charge on any atom is 0.408 e. The first-order valence-corrected chi connectivity index (χ1v) is 12.5. The van der Waals surface area contributed by atoms with Crippen LogP contribution in [0.15, 0.2) is 42.5 Å². The lowest BCUT2D eigenvalue weighted by Gasteiger charge is -2.32. The van der Waals surface area contributed by atoms with Crippen molar-refractivity contribution in [1.82, 2.24) is 10.2 Å². The number of para-hydroxylation sites is 1. The van der Waals surface area contributed by atoms with E-state index >= 15 is 0 Å². The average molecular weight is 526 g/mol.